The van der Waals surface area contributed by atoms with Gasteiger partial charge in [0.25, 0.3) is 0 Å². The Bertz CT molecular complexity index is 599. The molecule has 0 amide bonds. The van der Waals surface area contributed by atoms with E-state index in [1.54, 1.807) is 19.2 Å². The average molecular weight is 309 g/mol. The SMILES string of the molecule is COc1cc(C)c(Br)cc1C(=O)c1occc1C. The van der Waals surface area contributed by atoms with Gasteiger partial charge in [0.15, 0.2) is 5.76 Å². The molecule has 3 nitrogen and oxygen atoms in total. The minimum absolute atomic E-state index is 0.171. The molecule has 1 aromatic carbocycles. The third-order valence-corrected chi connectivity index (χ3v) is 3.65. The van der Waals surface area contributed by atoms with Crippen LogP contribution in [0.25, 0.3) is 0 Å². The summed E-state index contributed by atoms with van der Waals surface area (Å²) in [4.78, 5) is 12.4. The van der Waals surface area contributed by atoms with Gasteiger partial charge in [0.2, 0.25) is 5.78 Å². The summed E-state index contributed by atoms with van der Waals surface area (Å²) in [6.07, 6.45) is 1.51. The number of methoxy groups -OCH3 is 1. The molecule has 0 bridgehead atoms. The Kier molecular flexibility index (Phi) is 3.57. The minimum Gasteiger partial charge on any atom is -0.496 e. The predicted octanol–water partition coefficient (Wildman–Crippen LogP) is 3.90. The Balaban J connectivity index is 2.54. The quantitative estimate of drug-likeness (QED) is 0.807. The Morgan fingerprint density at radius 2 is 2.00 bits per heavy atom. The monoisotopic (exact) mass is 308 g/mol. The van der Waals surface area contributed by atoms with Crippen LogP contribution in [0.3, 0.4) is 0 Å². The second kappa shape index (κ2) is 4.98. The number of ketones is 1. The van der Waals surface area contributed by atoms with Crippen LogP contribution in [-0.4, -0.2) is 12.9 Å². The molecule has 0 saturated heterocycles. The van der Waals surface area contributed by atoms with Crippen LogP contribution in [0.15, 0.2) is 33.4 Å². The number of hydrogen-bond donors (Lipinski definition) is 0. The van der Waals surface area contributed by atoms with Crippen molar-refractivity contribution < 1.29 is 13.9 Å². The second-order valence-corrected chi connectivity index (χ2v) is 4.92. The van der Waals surface area contributed by atoms with Crippen molar-refractivity contribution in [2.45, 2.75) is 13.8 Å². The molecular formula is C14H13BrO3. The molecule has 0 aliphatic heterocycles. The number of benzene rings is 1. The zero-order valence-electron chi connectivity index (χ0n) is 10.4. The first-order valence-electron chi connectivity index (χ1n) is 5.47. The van der Waals surface area contributed by atoms with Crippen LogP contribution < -0.4 is 4.74 Å². The summed E-state index contributed by atoms with van der Waals surface area (Å²) in [5, 5.41) is 0. The minimum atomic E-state index is -0.171. The fourth-order valence-corrected chi connectivity index (χ4v) is 2.07. The van der Waals surface area contributed by atoms with Crippen LogP contribution in [0, 0.1) is 13.8 Å². The summed E-state index contributed by atoms with van der Waals surface area (Å²) in [7, 11) is 1.55. The molecule has 1 heterocycles. The lowest BCUT2D eigenvalue weighted by atomic mass is 10.0. The Morgan fingerprint density at radius 3 is 2.56 bits per heavy atom. The lowest BCUT2D eigenvalue weighted by Crippen LogP contribution is -2.05. The zero-order chi connectivity index (χ0) is 13.3. The molecule has 0 N–H and O–H groups in total. The van der Waals surface area contributed by atoms with Crippen molar-refractivity contribution >= 4 is 21.7 Å². The molecule has 18 heavy (non-hydrogen) atoms. The van der Waals surface area contributed by atoms with Gasteiger partial charge >= 0.3 is 0 Å². The van der Waals surface area contributed by atoms with Gasteiger partial charge in [0.05, 0.1) is 18.9 Å². The fraction of sp³-hybridized carbons (Fsp3) is 0.214. The van der Waals surface area contributed by atoms with E-state index >= 15 is 0 Å². The molecule has 2 rings (SSSR count). The lowest BCUT2D eigenvalue weighted by Gasteiger charge is -2.09. The van der Waals surface area contributed by atoms with Crippen LogP contribution in [0.4, 0.5) is 0 Å². The van der Waals surface area contributed by atoms with Crippen molar-refractivity contribution in [3.05, 3.63) is 51.4 Å². The van der Waals surface area contributed by atoms with Crippen LogP contribution in [0.2, 0.25) is 0 Å². The molecule has 0 saturated carbocycles. The molecule has 94 valence electrons. The van der Waals surface area contributed by atoms with Gasteiger partial charge in [0, 0.05) is 4.47 Å². The largest absolute Gasteiger partial charge is 0.496 e. The van der Waals surface area contributed by atoms with Crippen LogP contribution >= 0.6 is 15.9 Å². The first-order valence-corrected chi connectivity index (χ1v) is 6.27. The second-order valence-electron chi connectivity index (χ2n) is 4.06. The predicted molar refractivity (Wildman–Crippen MR) is 72.3 cm³/mol. The van der Waals surface area contributed by atoms with E-state index in [4.69, 9.17) is 9.15 Å². The number of rotatable bonds is 3. The molecule has 0 aliphatic carbocycles. The smallest absolute Gasteiger partial charge is 0.232 e. The number of ether oxygens (including phenoxy) is 1. The van der Waals surface area contributed by atoms with E-state index in [0.29, 0.717) is 17.1 Å². The Hall–Kier alpha value is -1.55. The maximum absolute atomic E-state index is 12.4. The molecular weight excluding hydrogens is 296 g/mol. The van der Waals surface area contributed by atoms with E-state index < -0.39 is 0 Å². The van der Waals surface area contributed by atoms with Crippen molar-refractivity contribution in [1.82, 2.24) is 0 Å². The summed E-state index contributed by atoms with van der Waals surface area (Å²) >= 11 is 3.42. The topological polar surface area (TPSA) is 39.4 Å². The van der Waals surface area contributed by atoms with E-state index in [2.05, 4.69) is 15.9 Å². The fourth-order valence-electron chi connectivity index (χ4n) is 1.73. The Morgan fingerprint density at radius 1 is 1.28 bits per heavy atom. The van der Waals surface area contributed by atoms with Crippen molar-refractivity contribution in [2.24, 2.45) is 0 Å². The van der Waals surface area contributed by atoms with Gasteiger partial charge in [0.1, 0.15) is 5.75 Å². The number of furan rings is 1. The van der Waals surface area contributed by atoms with Gasteiger partial charge in [-0.2, -0.15) is 0 Å². The van der Waals surface area contributed by atoms with Crippen molar-refractivity contribution in [3.63, 3.8) is 0 Å². The normalized spacial score (nSPS) is 10.4. The molecule has 0 atom stereocenters. The third kappa shape index (κ3) is 2.20. The molecule has 0 aliphatic rings. The highest BCUT2D eigenvalue weighted by Crippen LogP contribution is 2.29. The van der Waals surface area contributed by atoms with Gasteiger partial charge in [-0.1, -0.05) is 15.9 Å². The van der Waals surface area contributed by atoms with Gasteiger partial charge in [-0.05, 0) is 43.2 Å². The molecule has 2 aromatic rings. The van der Waals surface area contributed by atoms with Gasteiger partial charge in [-0.25, -0.2) is 0 Å². The zero-order valence-corrected chi connectivity index (χ0v) is 12.0. The maximum Gasteiger partial charge on any atom is 0.232 e. The Labute approximate surface area is 114 Å². The molecule has 1 aromatic heterocycles. The number of aryl methyl sites for hydroxylation is 2. The number of halogens is 1. The molecule has 0 radical (unpaired) electrons. The highest BCUT2D eigenvalue weighted by atomic mass is 79.9. The number of carbonyl (C=O) groups excluding carboxylic acids is 1. The number of hydrogen-bond acceptors (Lipinski definition) is 3. The number of carbonyl (C=O) groups is 1. The van der Waals surface area contributed by atoms with E-state index in [-0.39, 0.29) is 5.78 Å². The van der Waals surface area contributed by atoms with E-state index in [0.717, 1.165) is 15.6 Å². The highest BCUT2D eigenvalue weighted by Gasteiger charge is 2.20. The van der Waals surface area contributed by atoms with E-state index in [1.165, 1.54) is 6.26 Å². The molecule has 0 fully saturated rings. The van der Waals surface area contributed by atoms with E-state index in [1.807, 2.05) is 19.9 Å². The van der Waals surface area contributed by atoms with Gasteiger partial charge in [-0.3, -0.25) is 4.79 Å². The van der Waals surface area contributed by atoms with Crippen LogP contribution in [0.5, 0.6) is 5.75 Å². The first-order chi connectivity index (χ1) is 8.54. The van der Waals surface area contributed by atoms with Crippen molar-refractivity contribution in [3.8, 4) is 5.75 Å². The maximum atomic E-state index is 12.4. The van der Waals surface area contributed by atoms with Crippen molar-refractivity contribution in [2.75, 3.05) is 7.11 Å². The summed E-state index contributed by atoms with van der Waals surface area (Å²) in [6.45, 7) is 3.78. The molecule has 0 spiro atoms. The highest BCUT2D eigenvalue weighted by molar-refractivity contribution is 9.10. The van der Waals surface area contributed by atoms with Crippen LogP contribution in [0.1, 0.15) is 27.2 Å². The summed E-state index contributed by atoms with van der Waals surface area (Å²) < 4.78 is 11.4. The summed E-state index contributed by atoms with van der Waals surface area (Å²) in [5.74, 6) is 0.732. The molecule has 4 heteroatoms. The van der Waals surface area contributed by atoms with Crippen molar-refractivity contribution in [1.29, 1.82) is 0 Å². The summed E-state index contributed by atoms with van der Waals surface area (Å²) in [6, 6.07) is 5.36. The third-order valence-electron chi connectivity index (χ3n) is 2.79. The average Bonchev–Trinajstić information content (AvgIpc) is 2.77. The van der Waals surface area contributed by atoms with Crippen LogP contribution in [-0.2, 0) is 0 Å². The lowest BCUT2D eigenvalue weighted by molar-refractivity contribution is 0.101. The van der Waals surface area contributed by atoms with Gasteiger partial charge in [-0.15, -0.1) is 0 Å². The molecule has 0 unspecified atom stereocenters. The van der Waals surface area contributed by atoms with Gasteiger partial charge < -0.3 is 9.15 Å². The standard InChI is InChI=1S/C14H13BrO3/c1-8-4-5-18-14(8)13(16)10-7-11(15)9(2)6-12(10)17-3/h4-7H,1-3H3. The van der Waals surface area contributed by atoms with E-state index in [9.17, 15) is 4.79 Å². The summed E-state index contributed by atoms with van der Waals surface area (Å²) in [5.41, 5.74) is 2.33. The first kappa shape index (κ1) is 12.9.